The first kappa shape index (κ1) is 11.9. The molecule has 2 aliphatic rings. The largest absolute Gasteiger partial charge is 0.396 e. The van der Waals surface area contributed by atoms with Crippen molar-refractivity contribution in [3.8, 4) is 0 Å². The summed E-state index contributed by atoms with van der Waals surface area (Å²) in [4.78, 5) is 13.8. The van der Waals surface area contributed by atoms with Crippen LogP contribution in [-0.4, -0.2) is 41.7 Å². The minimum absolute atomic E-state index is 0.0574. The highest BCUT2D eigenvalue weighted by atomic mass is 16.3. The first-order valence-electron chi connectivity index (χ1n) is 6.35. The molecule has 2 unspecified atom stereocenters. The standard InChI is InChI=1S/C12H22N2O2/c13-11(10-3-4-10)6-12(16)14-5-1-2-9(7-14)8-15/h9-11,15H,1-8,13H2. The van der Waals surface area contributed by atoms with Crippen molar-refractivity contribution in [3.63, 3.8) is 0 Å². The Morgan fingerprint density at radius 1 is 1.44 bits per heavy atom. The minimum atomic E-state index is 0.0574. The summed E-state index contributed by atoms with van der Waals surface area (Å²) < 4.78 is 0. The number of nitrogens with zero attached hydrogens (tertiary/aromatic N) is 1. The second-order valence-electron chi connectivity index (χ2n) is 5.24. The van der Waals surface area contributed by atoms with Crippen molar-refractivity contribution in [1.29, 1.82) is 0 Å². The van der Waals surface area contributed by atoms with Gasteiger partial charge in [-0.3, -0.25) is 4.79 Å². The van der Waals surface area contributed by atoms with Crippen LogP contribution in [0, 0.1) is 11.8 Å². The number of hydrogen-bond donors (Lipinski definition) is 2. The maximum absolute atomic E-state index is 12.0. The number of carbonyl (C=O) groups excluding carboxylic acids is 1. The molecule has 3 N–H and O–H groups in total. The number of amides is 1. The van der Waals surface area contributed by atoms with Crippen molar-refractivity contribution in [2.24, 2.45) is 17.6 Å². The Hall–Kier alpha value is -0.610. The molecule has 16 heavy (non-hydrogen) atoms. The number of carbonyl (C=O) groups is 1. The smallest absolute Gasteiger partial charge is 0.224 e. The fraction of sp³-hybridized carbons (Fsp3) is 0.917. The molecule has 0 aromatic heterocycles. The lowest BCUT2D eigenvalue weighted by atomic mass is 9.98. The molecule has 4 nitrogen and oxygen atoms in total. The molecule has 1 aliphatic heterocycles. The van der Waals surface area contributed by atoms with E-state index in [4.69, 9.17) is 10.8 Å². The van der Waals surface area contributed by atoms with Gasteiger partial charge in [-0.15, -0.1) is 0 Å². The van der Waals surface area contributed by atoms with Gasteiger partial charge >= 0.3 is 0 Å². The van der Waals surface area contributed by atoms with Gasteiger partial charge in [0.2, 0.25) is 5.91 Å². The molecule has 1 amide bonds. The van der Waals surface area contributed by atoms with Gasteiger partial charge in [0.05, 0.1) is 0 Å². The Morgan fingerprint density at radius 3 is 2.81 bits per heavy atom. The number of piperidine rings is 1. The van der Waals surface area contributed by atoms with E-state index in [-0.39, 0.29) is 24.5 Å². The molecule has 2 atom stereocenters. The third kappa shape index (κ3) is 2.95. The van der Waals surface area contributed by atoms with Crippen LogP contribution in [0.25, 0.3) is 0 Å². The van der Waals surface area contributed by atoms with E-state index in [9.17, 15) is 4.79 Å². The Balaban J connectivity index is 1.78. The van der Waals surface area contributed by atoms with Crippen LogP contribution < -0.4 is 5.73 Å². The minimum Gasteiger partial charge on any atom is -0.396 e. The zero-order valence-corrected chi connectivity index (χ0v) is 9.77. The molecule has 2 rings (SSSR count). The number of rotatable bonds is 4. The fourth-order valence-corrected chi connectivity index (χ4v) is 2.46. The van der Waals surface area contributed by atoms with Crippen molar-refractivity contribution >= 4 is 5.91 Å². The van der Waals surface area contributed by atoms with Gasteiger partial charge in [0, 0.05) is 32.2 Å². The molecule has 1 aliphatic carbocycles. The molecule has 4 heteroatoms. The molecule has 2 fully saturated rings. The van der Waals surface area contributed by atoms with Crippen molar-refractivity contribution in [3.05, 3.63) is 0 Å². The topological polar surface area (TPSA) is 66.6 Å². The first-order chi connectivity index (χ1) is 7.70. The molecule has 0 aromatic rings. The molecule has 1 saturated carbocycles. The van der Waals surface area contributed by atoms with E-state index in [1.165, 1.54) is 12.8 Å². The summed E-state index contributed by atoms with van der Waals surface area (Å²) in [6.07, 6.45) is 4.91. The number of aliphatic hydroxyl groups is 1. The normalized spacial score (nSPS) is 27.9. The summed E-state index contributed by atoms with van der Waals surface area (Å²) in [6.45, 7) is 1.75. The SMILES string of the molecule is NC(CC(=O)N1CCCC(CO)C1)C1CC1. The monoisotopic (exact) mass is 226 g/mol. The van der Waals surface area contributed by atoms with Crippen molar-refractivity contribution < 1.29 is 9.90 Å². The number of nitrogens with two attached hydrogens (primary N) is 1. The van der Waals surface area contributed by atoms with Gasteiger partial charge in [-0.25, -0.2) is 0 Å². The summed E-state index contributed by atoms with van der Waals surface area (Å²) in [7, 11) is 0. The van der Waals surface area contributed by atoms with E-state index in [0.29, 0.717) is 18.9 Å². The van der Waals surface area contributed by atoms with Gasteiger partial charge in [-0.2, -0.15) is 0 Å². The first-order valence-corrected chi connectivity index (χ1v) is 6.35. The summed E-state index contributed by atoms with van der Waals surface area (Å²) >= 11 is 0. The van der Waals surface area contributed by atoms with Crippen LogP contribution in [0.3, 0.4) is 0 Å². The summed E-state index contributed by atoms with van der Waals surface area (Å²) in [5.74, 6) is 1.04. The number of likely N-dealkylation sites (tertiary alicyclic amines) is 1. The average Bonchev–Trinajstić information content (AvgIpc) is 3.13. The second-order valence-corrected chi connectivity index (χ2v) is 5.24. The van der Waals surface area contributed by atoms with Gasteiger partial charge < -0.3 is 15.7 Å². The van der Waals surface area contributed by atoms with Crippen LogP contribution in [0.4, 0.5) is 0 Å². The third-order valence-corrected chi connectivity index (χ3v) is 3.77. The van der Waals surface area contributed by atoms with Gasteiger partial charge in [0.15, 0.2) is 0 Å². The fourth-order valence-electron chi connectivity index (χ4n) is 2.46. The van der Waals surface area contributed by atoms with Gasteiger partial charge in [-0.05, 0) is 37.5 Å². The number of aliphatic hydroxyl groups excluding tert-OH is 1. The predicted octanol–water partition coefficient (Wildman–Crippen LogP) is 0.345. The zero-order chi connectivity index (χ0) is 11.5. The molecule has 1 heterocycles. The van der Waals surface area contributed by atoms with E-state index in [1.54, 1.807) is 0 Å². The Bertz CT molecular complexity index is 253. The van der Waals surface area contributed by atoms with Crippen LogP contribution in [-0.2, 0) is 4.79 Å². The second kappa shape index (κ2) is 5.15. The van der Waals surface area contributed by atoms with E-state index < -0.39 is 0 Å². The zero-order valence-electron chi connectivity index (χ0n) is 9.77. The molecule has 0 spiro atoms. The quantitative estimate of drug-likeness (QED) is 0.726. The van der Waals surface area contributed by atoms with Crippen molar-refractivity contribution in [2.45, 2.75) is 38.1 Å². The average molecular weight is 226 g/mol. The predicted molar refractivity (Wildman–Crippen MR) is 61.7 cm³/mol. The lowest BCUT2D eigenvalue weighted by Crippen LogP contribution is -2.43. The lowest BCUT2D eigenvalue weighted by Gasteiger charge is -2.32. The van der Waals surface area contributed by atoms with Crippen LogP contribution in [0.5, 0.6) is 0 Å². The molecule has 0 bridgehead atoms. The molecular formula is C12H22N2O2. The van der Waals surface area contributed by atoms with Crippen LogP contribution in [0.15, 0.2) is 0 Å². The van der Waals surface area contributed by atoms with E-state index in [2.05, 4.69) is 0 Å². The summed E-state index contributed by atoms with van der Waals surface area (Å²) in [5.41, 5.74) is 5.96. The molecule has 0 aromatic carbocycles. The third-order valence-electron chi connectivity index (χ3n) is 3.77. The van der Waals surface area contributed by atoms with Crippen LogP contribution in [0.1, 0.15) is 32.1 Å². The maximum Gasteiger partial charge on any atom is 0.224 e. The summed E-state index contributed by atoms with van der Waals surface area (Å²) in [5, 5.41) is 9.11. The van der Waals surface area contributed by atoms with Crippen LogP contribution in [0.2, 0.25) is 0 Å². The molecular weight excluding hydrogens is 204 g/mol. The summed E-state index contributed by atoms with van der Waals surface area (Å²) in [6, 6.07) is 0.0574. The Labute approximate surface area is 96.8 Å². The van der Waals surface area contributed by atoms with E-state index in [1.807, 2.05) is 4.90 Å². The molecule has 1 saturated heterocycles. The number of hydrogen-bond acceptors (Lipinski definition) is 3. The van der Waals surface area contributed by atoms with Crippen molar-refractivity contribution in [1.82, 2.24) is 4.90 Å². The van der Waals surface area contributed by atoms with E-state index in [0.717, 1.165) is 19.4 Å². The molecule has 92 valence electrons. The Kier molecular flexibility index (Phi) is 3.82. The highest BCUT2D eigenvalue weighted by molar-refractivity contribution is 5.77. The van der Waals surface area contributed by atoms with Crippen LogP contribution >= 0.6 is 0 Å². The maximum atomic E-state index is 12.0. The lowest BCUT2D eigenvalue weighted by molar-refractivity contribution is -0.133. The van der Waals surface area contributed by atoms with Gasteiger partial charge in [0.1, 0.15) is 0 Å². The van der Waals surface area contributed by atoms with Crippen molar-refractivity contribution in [2.75, 3.05) is 19.7 Å². The highest BCUT2D eigenvalue weighted by Crippen LogP contribution is 2.33. The Morgan fingerprint density at radius 2 is 2.19 bits per heavy atom. The van der Waals surface area contributed by atoms with Gasteiger partial charge in [0.25, 0.3) is 0 Å². The highest BCUT2D eigenvalue weighted by Gasteiger charge is 2.32. The van der Waals surface area contributed by atoms with Gasteiger partial charge in [-0.1, -0.05) is 0 Å². The molecule has 0 radical (unpaired) electrons. The van der Waals surface area contributed by atoms with E-state index >= 15 is 0 Å².